The molecular formula is C17H28ClN3O2. The maximum atomic E-state index is 12.1. The number of nitrogens with zero attached hydrogens (tertiary/aromatic N) is 1. The van der Waals surface area contributed by atoms with E-state index in [-0.39, 0.29) is 24.2 Å². The molecule has 1 amide bonds. The first-order chi connectivity index (χ1) is 10.6. The molecule has 1 unspecified atom stereocenters. The minimum absolute atomic E-state index is 0. The molecule has 6 heteroatoms. The van der Waals surface area contributed by atoms with Crippen molar-refractivity contribution in [2.24, 2.45) is 11.7 Å². The highest BCUT2D eigenvalue weighted by Gasteiger charge is 2.25. The van der Waals surface area contributed by atoms with E-state index >= 15 is 0 Å². The molecule has 0 bridgehead atoms. The second kappa shape index (κ2) is 9.75. The van der Waals surface area contributed by atoms with Gasteiger partial charge in [0.2, 0.25) is 5.91 Å². The van der Waals surface area contributed by atoms with E-state index in [2.05, 4.69) is 29.3 Å². The molecule has 1 heterocycles. The quantitative estimate of drug-likeness (QED) is 0.826. The predicted molar refractivity (Wildman–Crippen MR) is 95.0 cm³/mol. The number of halogens is 1. The molecule has 0 radical (unpaired) electrons. The number of rotatable bonds is 6. The number of benzene rings is 1. The summed E-state index contributed by atoms with van der Waals surface area (Å²) in [5, 5.41) is 2.90. The molecule has 2 rings (SSSR count). The Hall–Kier alpha value is -1.30. The molecule has 1 aromatic carbocycles. The van der Waals surface area contributed by atoms with E-state index in [1.54, 1.807) is 7.11 Å². The Morgan fingerprint density at radius 1 is 1.48 bits per heavy atom. The summed E-state index contributed by atoms with van der Waals surface area (Å²) in [5.41, 5.74) is 7.85. The topological polar surface area (TPSA) is 67.6 Å². The van der Waals surface area contributed by atoms with Crippen LogP contribution in [0.15, 0.2) is 18.2 Å². The third-order valence-electron chi connectivity index (χ3n) is 4.19. The number of aryl methyl sites for hydroxylation is 1. The SMILES string of the molecule is COc1ccc(CN2CCCC(C(=O)NCCN)C2)cc1C.Cl. The molecule has 3 N–H and O–H groups in total. The molecule has 1 fully saturated rings. The normalized spacial score (nSPS) is 18.1. The Bertz CT molecular complexity index is 511. The van der Waals surface area contributed by atoms with Gasteiger partial charge in [0, 0.05) is 26.2 Å². The van der Waals surface area contributed by atoms with Gasteiger partial charge in [-0.3, -0.25) is 9.69 Å². The number of ether oxygens (including phenoxy) is 1. The van der Waals surface area contributed by atoms with Gasteiger partial charge in [-0.1, -0.05) is 12.1 Å². The van der Waals surface area contributed by atoms with Crippen LogP contribution in [0.25, 0.3) is 0 Å². The smallest absolute Gasteiger partial charge is 0.224 e. The number of likely N-dealkylation sites (tertiary alicyclic amines) is 1. The van der Waals surface area contributed by atoms with Crippen molar-refractivity contribution in [2.75, 3.05) is 33.3 Å². The van der Waals surface area contributed by atoms with Gasteiger partial charge >= 0.3 is 0 Å². The van der Waals surface area contributed by atoms with Crippen LogP contribution in [-0.4, -0.2) is 44.1 Å². The van der Waals surface area contributed by atoms with Gasteiger partial charge in [0.05, 0.1) is 13.0 Å². The lowest BCUT2D eigenvalue weighted by Crippen LogP contribution is -2.43. The average molecular weight is 342 g/mol. The van der Waals surface area contributed by atoms with Gasteiger partial charge in [0.25, 0.3) is 0 Å². The maximum absolute atomic E-state index is 12.1. The molecule has 0 aromatic heterocycles. The summed E-state index contributed by atoms with van der Waals surface area (Å²) in [4.78, 5) is 14.4. The van der Waals surface area contributed by atoms with Crippen LogP contribution in [0.3, 0.4) is 0 Å². The zero-order valence-corrected chi connectivity index (χ0v) is 14.8. The highest BCUT2D eigenvalue weighted by atomic mass is 35.5. The van der Waals surface area contributed by atoms with Gasteiger partial charge in [-0.2, -0.15) is 0 Å². The number of carbonyl (C=O) groups is 1. The summed E-state index contributed by atoms with van der Waals surface area (Å²) in [6.07, 6.45) is 2.03. The number of carbonyl (C=O) groups excluding carboxylic acids is 1. The maximum Gasteiger partial charge on any atom is 0.224 e. The van der Waals surface area contributed by atoms with Gasteiger partial charge < -0.3 is 15.8 Å². The first kappa shape index (κ1) is 19.7. The van der Waals surface area contributed by atoms with Crippen molar-refractivity contribution in [3.63, 3.8) is 0 Å². The summed E-state index contributed by atoms with van der Waals surface area (Å²) < 4.78 is 5.30. The van der Waals surface area contributed by atoms with E-state index in [9.17, 15) is 4.79 Å². The Morgan fingerprint density at radius 2 is 2.26 bits per heavy atom. The minimum atomic E-state index is 0. The Balaban J connectivity index is 0.00000264. The lowest BCUT2D eigenvalue weighted by Gasteiger charge is -2.32. The van der Waals surface area contributed by atoms with Crippen molar-refractivity contribution < 1.29 is 9.53 Å². The molecule has 0 saturated carbocycles. The van der Waals surface area contributed by atoms with Crippen LogP contribution in [0.5, 0.6) is 5.75 Å². The fourth-order valence-corrected chi connectivity index (χ4v) is 3.05. The average Bonchev–Trinajstić information content (AvgIpc) is 2.53. The monoisotopic (exact) mass is 341 g/mol. The van der Waals surface area contributed by atoms with Crippen LogP contribution in [0.1, 0.15) is 24.0 Å². The Kier molecular flexibility index (Phi) is 8.37. The molecule has 1 aliphatic rings. The van der Waals surface area contributed by atoms with Crippen LogP contribution in [0.4, 0.5) is 0 Å². The number of piperidine rings is 1. The van der Waals surface area contributed by atoms with Crippen LogP contribution in [0.2, 0.25) is 0 Å². The summed E-state index contributed by atoms with van der Waals surface area (Å²) in [7, 11) is 1.69. The van der Waals surface area contributed by atoms with Gasteiger partial charge in [0.15, 0.2) is 0 Å². The first-order valence-electron chi connectivity index (χ1n) is 7.97. The Labute approximate surface area is 145 Å². The fourth-order valence-electron chi connectivity index (χ4n) is 3.05. The van der Waals surface area contributed by atoms with Crippen molar-refractivity contribution >= 4 is 18.3 Å². The van der Waals surface area contributed by atoms with Crippen molar-refractivity contribution in [1.82, 2.24) is 10.2 Å². The zero-order valence-electron chi connectivity index (χ0n) is 14.0. The third kappa shape index (κ3) is 5.68. The van der Waals surface area contributed by atoms with Crippen molar-refractivity contribution in [2.45, 2.75) is 26.3 Å². The van der Waals surface area contributed by atoms with E-state index in [0.29, 0.717) is 13.1 Å². The summed E-state index contributed by atoms with van der Waals surface area (Å²) in [5.74, 6) is 1.14. The van der Waals surface area contributed by atoms with Crippen LogP contribution in [-0.2, 0) is 11.3 Å². The van der Waals surface area contributed by atoms with Gasteiger partial charge in [0.1, 0.15) is 5.75 Å². The first-order valence-corrected chi connectivity index (χ1v) is 7.97. The van der Waals surface area contributed by atoms with Crippen molar-refractivity contribution in [3.8, 4) is 5.75 Å². The van der Waals surface area contributed by atoms with Gasteiger partial charge in [-0.25, -0.2) is 0 Å². The lowest BCUT2D eigenvalue weighted by molar-refractivity contribution is -0.126. The number of nitrogens with two attached hydrogens (primary N) is 1. The summed E-state index contributed by atoms with van der Waals surface area (Å²) in [6.45, 7) is 5.86. The van der Waals surface area contributed by atoms with Gasteiger partial charge in [-0.15, -0.1) is 12.4 Å². The van der Waals surface area contributed by atoms with E-state index in [1.807, 2.05) is 6.07 Å². The molecule has 130 valence electrons. The second-order valence-electron chi connectivity index (χ2n) is 5.96. The molecule has 1 saturated heterocycles. The molecule has 1 aromatic rings. The molecule has 0 spiro atoms. The highest BCUT2D eigenvalue weighted by molar-refractivity contribution is 5.85. The highest BCUT2D eigenvalue weighted by Crippen LogP contribution is 2.22. The number of methoxy groups -OCH3 is 1. The van der Waals surface area contributed by atoms with Crippen molar-refractivity contribution in [1.29, 1.82) is 0 Å². The summed E-state index contributed by atoms with van der Waals surface area (Å²) >= 11 is 0. The van der Waals surface area contributed by atoms with Crippen LogP contribution >= 0.6 is 12.4 Å². The summed E-state index contributed by atoms with van der Waals surface area (Å²) in [6, 6.07) is 6.28. The predicted octanol–water partition coefficient (Wildman–Crippen LogP) is 1.71. The number of amides is 1. The Morgan fingerprint density at radius 3 is 2.91 bits per heavy atom. The number of hydrogen-bond donors (Lipinski definition) is 2. The van der Waals surface area contributed by atoms with E-state index in [1.165, 1.54) is 5.56 Å². The largest absolute Gasteiger partial charge is 0.496 e. The van der Waals surface area contributed by atoms with Crippen LogP contribution < -0.4 is 15.8 Å². The molecule has 1 atom stereocenters. The van der Waals surface area contributed by atoms with Gasteiger partial charge in [-0.05, 0) is 43.5 Å². The molecule has 23 heavy (non-hydrogen) atoms. The fraction of sp³-hybridized carbons (Fsp3) is 0.588. The second-order valence-corrected chi connectivity index (χ2v) is 5.96. The van der Waals surface area contributed by atoms with Crippen LogP contribution in [0, 0.1) is 12.8 Å². The lowest BCUT2D eigenvalue weighted by atomic mass is 9.96. The van der Waals surface area contributed by atoms with E-state index in [4.69, 9.17) is 10.5 Å². The molecule has 5 nitrogen and oxygen atoms in total. The molecule has 0 aliphatic carbocycles. The van der Waals surface area contributed by atoms with E-state index < -0.39 is 0 Å². The standard InChI is InChI=1S/C17H27N3O2.ClH/c1-13-10-14(5-6-16(13)22-2)11-20-9-3-4-15(12-20)17(21)19-8-7-18;/h5-6,10,15H,3-4,7-9,11-12,18H2,1-2H3,(H,19,21);1H. The molecule has 1 aliphatic heterocycles. The third-order valence-corrected chi connectivity index (χ3v) is 4.19. The zero-order chi connectivity index (χ0) is 15.9. The minimum Gasteiger partial charge on any atom is -0.496 e. The van der Waals surface area contributed by atoms with E-state index in [0.717, 1.165) is 43.8 Å². The molecular weight excluding hydrogens is 314 g/mol. The number of hydrogen-bond acceptors (Lipinski definition) is 4. The number of nitrogens with one attached hydrogen (secondary N) is 1. The van der Waals surface area contributed by atoms with Crippen molar-refractivity contribution in [3.05, 3.63) is 29.3 Å².